The summed E-state index contributed by atoms with van der Waals surface area (Å²) in [5.74, 6) is 0.0107. The van der Waals surface area contributed by atoms with Crippen LogP contribution in [0.5, 0.6) is 5.88 Å². The van der Waals surface area contributed by atoms with Gasteiger partial charge < -0.3 is 19.3 Å². The molecular formula is C28H33N3O3. The van der Waals surface area contributed by atoms with Gasteiger partial charge in [0.1, 0.15) is 0 Å². The van der Waals surface area contributed by atoms with Crippen molar-refractivity contribution in [2.75, 3.05) is 43.1 Å². The third kappa shape index (κ3) is 3.87. The van der Waals surface area contributed by atoms with Crippen LogP contribution in [0.15, 0.2) is 60.8 Å². The quantitative estimate of drug-likeness (QED) is 0.408. The number of pyridine rings is 1. The van der Waals surface area contributed by atoms with Gasteiger partial charge >= 0.3 is 5.97 Å². The van der Waals surface area contributed by atoms with Crippen LogP contribution in [-0.4, -0.2) is 44.2 Å². The predicted molar refractivity (Wildman–Crippen MR) is 136 cm³/mol. The maximum Gasteiger partial charge on any atom is 0.340 e. The Hall–Kier alpha value is -3.54. The van der Waals surface area contributed by atoms with Crippen LogP contribution in [-0.2, 0) is 10.3 Å². The van der Waals surface area contributed by atoms with E-state index in [1.807, 2.05) is 0 Å². The number of ether oxygens (including phenoxy) is 2. The van der Waals surface area contributed by atoms with E-state index in [-0.39, 0.29) is 5.97 Å². The lowest BCUT2D eigenvalue weighted by atomic mass is 9.80. The number of fused-ring (bicyclic) bond motifs is 1. The molecule has 1 aliphatic heterocycles. The van der Waals surface area contributed by atoms with E-state index in [4.69, 9.17) is 9.47 Å². The van der Waals surface area contributed by atoms with Gasteiger partial charge in [0.15, 0.2) is 5.60 Å². The van der Waals surface area contributed by atoms with Crippen molar-refractivity contribution in [2.45, 2.75) is 33.3 Å². The Morgan fingerprint density at radius 1 is 0.824 bits per heavy atom. The van der Waals surface area contributed by atoms with Crippen LogP contribution in [0.4, 0.5) is 11.4 Å². The molecule has 6 nitrogen and oxygen atoms in total. The van der Waals surface area contributed by atoms with E-state index >= 15 is 0 Å². The number of rotatable bonds is 9. The molecule has 0 unspecified atom stereocenters. The molecule has 4 rings (SSSR count). The molecule has 0 fully saturated rings. The molecule has 2 heterocycles. The molecular weight excluding hydrogens is 426 g/mol. The Kier molecular flexibility index (Phi) is 6.77. The van der Waals surface area contributed by atoms with Gasteiger partial charge in [-0.1, -0.05) is 24.3 Å². The first-order valence-corrected chi connectivity index (χ1v) is 12.0. The van der Waals surface area contributed by atoms with Crippen molar-refractivity contribution in [1.29, 1.82) is 0 Å². The molecule has 34 heavy (non-hydrogen) atoms. The molecule has 0 aliphatic carbocycles. The molecule has 1 aromatic heterocycles. The van der Waals surface area contributed by atoms with Gasteiger partial charge in [0.05, 0.1) is 12.7 Å². The number of carbonyl (C=O) groups is 1. The third-order valence-corrected chi connectivity index (χ3v) is 6.74. The van der Waals surface area contributed by atoms with Crippen LogP contribution in [0.25, 0.3) is 0 Å². The molecule has 0 radical (unpaired) electrons. The number of anilines is 2. The summed E-state index contributed by atoms with van der Waals surface area (Å²) < 4.78 is 11.5. The average Bonchev–Trinajstić information content (AvgIpc) is 3.19. The lowest BCUT2D eigenvalue weighted by Crippen LogP contribution is -2.30. The standard InChI is InChI=1S/C28H33N3O3/c1-6-30(7-2)22-14-10-20(11-15-22)28(21-12-16-23(17-13-21)31(8-3)9-4)25-19-29-26(33-5)18-24(25)27(32)34-28/h10-19H,6-9H2,1-5H3. The Morgan fingerprint density at radius 3 is 1.71 bits per heavy atom. The normalized spacial score (nSPS) is 13.9. The molecule has 0 saturated heterocycles. The fourth-order valence-electron chi connectivity index (χ4n) is 4.83. The van der Waals surface area contributed by atoms with E-state index in [2.05, 4.69) is 91.0 Å². The monoisotopic (exact) mass is 459 g/mol. The summed E-state index contributed by atoms with van der Waals surface area (Å²) in [4.78, 5) is 22.1. The SMILES string of the molecule is CCN(CC)c1ccc(C2(c3ccc(N(CC)CC)cc3)OC(=O)c3cc(OC)ncc32)cc1. The Balaban J connectivity index is 1.88. The van der Waals surface area contributed by atoms with Crippen molar-refractivity contribution < 1.29 is 14.3 Å². The number of nitrogens with zero attached hydrogens (tertiary/aromatic N) is 3. The summed E-state index contributed by atoms with van der Waals surface area (Å²) >= 11 is 0. The largest absolute Gasteiger partial charge is 0.481 e. The second-order valence-electron chi connectivity index (χ2n) is 8.28. The third-order valence-electron chi connectivity index (χ3n) is 6.74. The molecule has 0 atom stereocenters. The van der Waals surface area contributed by atoms with E-state index in [1.165, 1.54) is 0 Å². The molecule has 2 aromatic carbocycles. The van der Waals surface area contributed by atoms with E-state index in [9.17, 15) is 4.79 Å². The molecule has 0 N–H and O–H groups in total. The zero-order valence-electron chi connectivity index (χ0n) is 20.7. The van der Waals surface area contributed by atoms with E-state index < -0.39 is 5.60 Å². The van der Waals surface area contributed by atoms with Crippen LogP contribution in [0.2, 0.25) is 0 Å². The number of hydrogen-bond acceptors (Lipinski definition) is 6. The highest BCUT2D eigenvalue weighted by molar-refractivity contribution is 5.96. The zero-order chi connectivity index (χ0) is 24.3. The van der Waals surface area contributed by atoms with Gasteiger partial charge in [-0.05, 0) is 52.0 Å². The summed E-state index contributed by atoms with van der Waals surface area (Å²) in [5.41, 5.74) is 4.18. The molecule has 3 aromatic rings. The van der Waals surface area contributed by atoms with Gasteiger partial charge in [0, 0.05) is 66.5 Å². The molecule has 178 valence electrons. The van der Waals surface area contributed by atoms with Gasteiger partial charge in [0.25, 0.3) is 0 Å². The van der Waals surface area contributed by atoms with Gasteiger partial charge in [-0.2, -0.15) is 0 Å². The summed E-state index contributed by atoms with van der Waals surface area (Å²) in [6.07, 6.45) is 1.70. The van der Waals surface area contributed by atoms with Crippen molar-refractivity contribution in [3.8, 4) is 5.88 Å². The van der Waals surface area contributed by atoms with Crippen molar-refractivity contribution in [3.05, 3.63) is 83.0 Å². The molecule has 0 bridgehead atoms. The van der Waals surface area contributed by atoms with Crippen LogP contribution in [0.1, 0.15) is 54.7 Å². The minimum atomic E-state index is -1.07. The number of carbonyl (C=O) groups excluding carboxylic acids is 1. The van der Waals surface area contributed by atoms with E-state index in [0.717, 1.165) is 54.2 Å². The van der Waals surface area contributed by atoms with E-state index in [0.29, 0.717) is 11.4 Å². The van der Waals surface area contributed by atoms with E-state index in [1.54, 1.807) is 19.4 Å². The van der Waals surface area contributed by atoms with Crippen molar-refractivity contribution in [2.24, 2.45) is 0 Å². The second kappa shape index (κ2) is 9.75. The highest BCUT2D eigenvalue weighted by Crippen LogP contribution is 2.47. The summed E-state index contributed by atoms with van der Waals surface area (Å²) in [6, 6.07) is 18.3. The summed E-state index contributed by atoms with van der Waals surface area (Å²) in [5, 5.41) is 0. The van der Waals surface area contributed by atoms with Gasteiger partial charge in [-0.3, -0.25) is 0 Å². The maximum absolute atomic E-state index is 13.1. The first-order valence-electron chi connectivity index (χ1n) is 12.0. The summed E-state index contributed by atoms with van der Waals surface area (Å²) in [6.45, 7) is 12.3. The van der Waals surface area contributed by atoms with Crippen LogP contribution >= 0.6 is 0 Å². The Labute approximate surface area is 202 Å². The molecule has 0 saturated carbocycles. The fraction of sp³-hybridized carbons (Fsp3) is 0.357. The van der Waals surface area contributed by atoms with Crippen LogP contribution in [0.3, 0.4) is 0 Å². The van der Waals surface area contributed by atoms with Crippen LogP contribution in [0, 0.1) is 0 Å². The van der Waals surface area contributed by atoms with Gasteiger partial charge in [-0.25, -0.2) is 9.78 Å². The minimum Gasteiger partial charge on any atom is -0.481 e. The smallest absolute Gasteiger partial charge is 0.340 e. The van der Waals surface area contributed by atoms with Gasteiger partial charge in [-0.15, -0.1) is 0 Å². The van der Waals surface area contributed by atoms with Crippen molar-refractivity contribution in [1.82, 2.24) is 4.98 Å². The van der Waals surface area contributed by atoms with Gasteiger partial charge in [0.2, 0.25) is 5.88 Å². The van der Waals surface area contributed by atoms with Crippen LogP contribution < -0.4 is 14.5 Å². The summed E-state index contributed by atoms with van der Waals surface area (Å²) in [7, 11) is 1.54. The molecule has 0 spiro atoms. The highest BCUT2D eigenvalue weighted by atomic mass is 16.6. The Bertz CT molecular complexity index is 1080. The number of esters is 1. The fourth-order valence-corrected chi connectivity index (χ4v) is 4.83. The highest BCUT2D eigenvalue weighted by Gasteiger charge is 2.49. The lowest BCUT2D eigenvalue weighted by molar-refractivity contribution is 0.0251. The van der Waals surface area contributed by atoms with Crippen molar-refractivity contribution >= 4 is 17.3 Å². The average molecular weight is 460 g/mol. The lowest BCUT2D eigenvalue weighted by Gasteiger charge is -2.31. The minimum absolute atomic E-state index is 0.378. The topological polar surface area (TPSA) is 54.9 Å². The first kappa shape index (κ1) is 23.6. The predicted octanol–water partition coefficient (Wildman–Crippen LogP) is 5.24. The molecule has 6 heteroatoms. The second-order valence-corrected chi connectivity index (χ2v) is 8.28. The maximum atomic E-state index is 13.1. The number of aromatic nitrogens is 1. The zero-order valence-corrected chi connectivity index (χ0v) is 20.7. The number of cyclic esters (lactones) is 1. The van der Waals surface area contributed by atoms with Crippen molar-refractivity contribution in [3.63, 3.8) is 0 Å². The number of methoxy groups -OCH3 is 1. The number of benzene rings is 2. The first-order chi connectivity index (χ1) is 16.5. The molecule has 0 amide bonds. The number of hydrogen-bond donors (Lipinski definition) is 0. The Morgan fingerprint density at radius 2 is 1.29 bits per heavy atom. The molecule has 1 aliphatic rings.